The Balaban J connectivity index is 1.31. The number of fused-ring (bicyclic) bond motifs is 2. The van der Waals surface area contributed by atoms with Crippen LogP contribution in [0.3, 0.4) is 0 Å². The molecule has 0 saturated carbocycles. The molecule has 0 radical (unpaired) electrons. The van der Waals surface area contributed by atoms with E-state index in [1.165, 1.54) is 22.9 Å². The standard InChI is InChI=1S/C23H30ClN3O2/c1-27-12-14(13-29-23(28)19-7-3-2-4-9-25-19)10-16-15-6-5-8-18-21(15)17(11-20(16)27)22(24)26-18/h5-6,8,14,16,19-20,25-26H,2-4,7,9-13H2,1H3/t14?,16-,19?,20-/m0/s1. The van der Waals surface area contributed by atoms with Crippen LogP contribution in [0.2, 0.25) is 5.15 Å². The fourth-order valence-corrected chi connectivity index (χ4v) is 6.02. The number of likely N-dealkylation sites (tertiary alicyclic amines) is 1. The van der Waals surface area contributed by atoms with Gasteiger partial charge in [-0.05, 0) is 56.5 Å². The summed E-state index contributed by atoms with van der Waals surface area (Å²) in [6.07, 6.45) is 6.39. The molecule has 29 heavy (non-hydrogen) atoms. The van der Waals surface area contributed by atoms with Crippen molar-refractivity contribution in [2.24, 2.45) is 5.92 Å². The van der Waals surface area contributed by atoms with Gasteiger partial charge in [0.05, 0.1) is 6.61 Å². The van der Waals surface area contributed by atoms with Gasteiger partial charge in [0, 0.05) is 35.3 Å². The Labute approximate surface area is 177 Å². The number of ether oxygens (including phenoxy) is 1. The summed E-state index contributed by atoms with van der Waals surface area (Å²) < 4.78 is 5.80. The summed E-state index contributed by atoms with van der Waals surface area (Å²) in [5.41, 5.74) is 3.79. The lowest BCUT2D eigenvalue weighted by Gasteiger charge is -2.45. The first-order valence-electron chi connectivity index (χ1n) is 11.0. The maximum atomic E-state index is 12.6. The quantitative estimate of drug-likeness (QED) is 0.747. The van der Waals surface area contributed by atoms with Crippen molar-refractivity contribution in [3.8, 4) is 0 Å². The average Bonchev–Trinajstić information content (AvgIpc) is 2.89. The van der Waals surface area contributed by atoms with E-state index in [1.54, 1.807) is 0 Å². The van der Waals surface area contributed by atoms with Gasteiger partial charge < -0.3 is 19.9 Å². The van der Waals surface area contributed by atoms with Gasteiger partial charge in [-0.25, -0.2) is 0 Å². The minimum absolute atomic E-state index is 0.0675. The molecule has 3 heterocycles. The second-order valence-corrected chi connectivity index (χ2v) is 9.47. The third kappa shape index (κ3) is 3.58. The summed E-state index contributed by atoms with van der Waals surface area (Å²) in [6, 6.07) is 6.82. The van der Waals surface area contributed by atoms with Gasteiger partial charge in [0.15, 0.2) is 0 Å². The highest BCUT2D eigenvalue weighted by Crippen LogP contribution is 2.46. The Morgan fingerprint density at radius 3 is 3.10 bits per heavy atom. The molecule has 2 fully saturated rings. The zero-order chi connectivity index (χ0) is 20.0. The third-order valence-electron chi connectivity index (χ3n) is 7.19. The minimum Gasteiger partial charge on any atom is -0.464 e. The molecular weight excluding hydrogens is 386 g/mol. The number of halogens is 1. The molecule has 2 saturated heterocycles. The number of benzene rings is 1. The Morgan fingerprint density at radius 2 is 2.21 bits per heavy atom. The van der Waals surface area contributed by atoms with Gasteiger partial charge in [0.1, 0.15) is 11.2 Å². The van der Waals surface area contributed by atoms with Gasteiger partial charge >= 0.3 is 5.97 Å². The van der Waals surface area contributed by atoms with E-state index in [1.807, 2.05) is 0 Å². The molecule has 1 aromatic heterocycles. The number of nitrogens with one attached hydrogen (secondary N) is 2. The van der Waals surface area contributed by atoms with Crippen molar-refractivity contribution in [3.05, 3.63) is 34.5 Å². The van der Waals surface area contributed by atoms with E-state index in [-0.39, 0.29) is 12.0 Å². The van der Waals surface area contributed by atoms with E-state index in [2.05, 4.69) is 40.4 Å². The summed E-state index contributed by atoms with van der Waals surface area (Å²) in [7, 11) is 2.20. The van der Waals surface area contributed by atoms with Gasteiger partial charge in [-0.15, -0.1) is 0 Å². The topological polar surface area (TPSA) is 57.4 Å². The normalized spacial score (nSPS) is 30.0. The Morgan fingerprint density at radius 1 is 1.31 bits per heavy atom. The lowest BCUT2D eigenvalue weighted by atomic mass is 9.72. The molecule has 2 unspecified atom stereocenters. The number of nitrogens with zero attached hydrogens (tertiary/aromatic N) is 1. The third-order valence-corrected chi connectivity index (χ3v) is 7.51. The number of esters is 1. The van der Waals surface area contributed by atoms with Crippen molar-refractivity contribution in [1.82, 2.24) is 15.2 Å². The van der Waals surface area contributed by atoms with Gasteiger partial charge in [0.25, 0.3) is 0 Å². The number of rotatable bonds is 3. The molecule has 5 nitrogen and oxygen atoms in total. The predicted molar refractivity (Wildman–Crippen MR) is 115 cm³/mol. The minimum atomic E-state index is -0.125. The van der Waals surface area contributed by atoms with Crippen molar-refractivity contribution in [3.63, 3.8) is 0 Å². The van der Waals surface area contributed by atoms with Gasteiger partial charge in [0.2, 0.25) is 0 Å². The van der Waals surface area contributed by atoms with Crippen LogP contribution in [-0.2, 0) is 16.0 Å². The van der Waals surface area contributed by atoms with E-state index in [0.717, 1.165) is 55.9 Å². The van der Waals surface area contributed by atoms with Gasteiger partial charge in [-0.1, -0.05) is 36.6 Å². The highest BCUT2D eigenvalue weighted by molar-refractivity contribution is 6.32. The highest BCUT2D eigenvalue weighted by Gasteiger charge is 2.40. The van der Waals surface area contributed by atoms with Crippen LogP contribution in [0.15, 0.2) is 18.2 Å². The molecule has 2 aromatic rings. The molecular formula is C23H30ClN3O2. The lowest BCUT2D eigenvalue weighted by molar-refractivity contribution is -0.148. The van der Waals surface area contributed by atoms with E-state index >= 15 is 0 Å². The van der Waals surface area contributed by atoms with Crippen molar-refractivity contribution >= 4 is 28.5 Å². The molecule has 2 aliphatic heterocycles. The summed E-state index contributed by atoms with van der Waals surface area (Å²) in [4.78, 5) is 18.4. The van der Waals surface area contributed by atoms with Crippen LogP contribution in [0.4, 0.5) is 0 Å². The van der Waals surface area contributed by atoms with Crippen LogP contribution in [0.25, 0.3) is 10.9 Å². The zero-order valence-electron chi connectivity index (χ0n) is 17.0. The summed E-state index contributed by atoms with van der Waals surface area (Å²) >= 11 is 6.51. The molecule has 2 N–H and O–H groups in total. The first kappa shape index (κ1) is 19.4. The summed E-state index contributed by atoms with van der Waals surface area (Å²) in [5.74, 6) is 0.751. The van der Waals surface area contributed by atoms with Crippen molar-refractivity contribution in [2.75, 3.05) is 26.7 Å². The Bertz CT molecular complexity index is 903. The SMILES string of the molecule is CN1CC(COC(=O)C2CCCCCN2)C[C@H]2c3cccc4[nH]c(Cl)c(c34)C[C@@H]21. The van der Waals surface area contributed by atoms with E-state index in [9.17, 15) is 4.79 Å². The number of H-pyrrole nitrogens is 1. The largest absolute Gasteiger partial charge is 0.464 e. The van der Waals surface area contributed by atoms with Gasteiger partial charge in [-0.3, -0.25) is 4.79 Å². The molecule has 4 atom stereocenters. The number of piperidine rings is 1. The van der Waals surface area contributed by atoms with E-state index in [4.69, 9.17) is 16.3 Å². The van der Waals surface area contributed by atoms with Crippen molar-refractivity contribution in [2.45, 2.75) is 56.5 Å². The van der Waals surface area contributed by atoms with Crippen molar-refractivity contribution < 1.29 is 9.53 Å². The number of carbonyl (C=O) groups is 1. The van der Waals surface area contributed by atoms with E-state index in [0.29, 0.717) is 24.5 Å². The van der Waals surface area contributed by atoms with E-state index < -0.39 is 0 Å². The second-order valence-electron chi connectivity index (χ2n) is 9.09. The molecule has 5 rings (SSSR count). The molecule has 156 valence electrons. The molecule has 0 spiro atoms. The van der Waals surface area contributed by atoms with Crippen molar-refractivity contribution in [1.29, 1.82) is 0 Å². The van der Waals surface area contributed by atoms with Crippen LogP contribution in [0, 0.1) is 5.92 Å². The molecule has 0 bridgehead atoms. The first-order valence-corrected chi connectivity index (χ1v) is 11.4. The maximum Gasteiger partial charge on any atom is 0.323 e. The fourth-order valence-electron chi connectivity index (χ4n) is 5.75. The maximum absolute atomic E-state index is 12.6. The molecule has 6 heteroatoms. The second kappa shape index (κ2) is 7.93. The Kier molecular flexibility index (Phi) is 5.31. The smallest absolute Gasteiger partial charge is 0.323 e. The summed E-state index contributed by atoms with van der Waals surface area (Å²) in [6.45, 7) is 2.39. The average molecular weight is 416 g/mol. The van der Waals surface area contributed by atoms with Crippen LogP contribution >= 0.6 is 11.6 Å². The Hall–Kier alpha value is -1.56. The van der Waals surface area contributed by atoms with Gasteiger partial charge in [-0.2, -0.15) is 0 Å². The fraction of sp³-hybridized carbons (Fsp3) is 0.609. The monoisotopic (exact) mass is 415 g/mol. The zero-order valence-corrected chi connectivity index (χ0v) is 17.8. The number of aromatic amines is 1. The highest BCUT2D eigenvalue weighted by atomic mass is 35.5. The summed E-state index contributed by atoms with van der Waals surface area (Å²) in [5, 5.41) is 5.44. The number of likely N-dealkylation sites (N-methyl/N-ethyl adjacent to an activating group) is 1. The van der Waals surface area contributed by atoms with Crippen LogP contribution in [-0.4, -0.2) is 54.7 Å². The molecule has 0 amide bonds. The van der Waals surface area contributed by atoms with Crippen LogP contribution in [0.1, 0.15) is 49.1 Å². The number of hydrogen-bond donors (Lipinski definition) is 2. The first-order chi connectivity index (χ1) is 14.1. The molecule has 1 aromatic carbocycles. The number of hydrogen-bond acceptors (Lipinski definition) is 4. The predicted octanol–water partition coefficient (Wildman–Crippen LogP) is 3.86. The number of aromatic nitrogens is 1. The van der Waals surface area contributed by atoms with Crippen LogP contribution in [0.5, 0.6) is 0 Å². The van der Waals surface area contributed by atoms with Crippen LogP contribution < -0.4 is 5.32 Å². The lowest BCUT2D eigenvalue weighted by Crippen LogP contribution is -2.49. The number of carbonyl (C=O) groups excluding carboxylic acids is 1. The molecule has 3 aliphatic rings. The molecule has 1 aliphatic carbocycles.